The predicted molar refractivity (Wildman–Crippen MR) is 70.8 cm³/mol. The van der Waals surface area contributed by atoms with Gasteiger partial charge >= 0.3 is 0 Å². The fourth-order valence-corrected chi connectivity index (χ4v) is 2.66. The van der Waals surface area contributed by atoms with Crippen LogP contribution in [-0.4, -0.2) is 17.3 Å². The molecular formula is C13H18BrNO. The molecule has 0 saturated heterocycles. The topological polar surface area (TPSA) is 32.3 Å². The molecule has 0 radical (unpaired) electrons. The average Bonchev–Trinajstić information content (AvgIpc) is 2.68. The highest BCUT2D eigenvalue weighted by Crippen LogP contribution is 2.31. The van der Waals surface area contributed by atoms with Gasteiger partial charge in [0, 0.05) is 16.7 Å². The zero-order valence-corrected chi connectivity index (χ0v) is 11.2. The third kappa shape index (κ3) is 2.58. The van der Waals surface area contributed by atoms with E-state index >= 15 is 0 Å². The predicted octanol–water partition coefficient (Wildman–Crippen LogP) is 3.47. The molecule has 2 rings (SSSR count). The Kier molecular flexibility index (Phi) is 3.55. The lowest BCUT2D eigenvalue weighted by Crippen LogP contribution is -2.33. The molecule has 88 valence electrons. The molecule has 0 aromatic heterocycles. The number of hydrogen-bond acceptors (Lipinski definition) is 2. The molecule has 0 aliphatic heterocycles. The van der Waals surface area contributed by atoms with Crippen LogP contribution in [0.25, 0.3) is 0 Å². The number of anilines is 1. The number of benzene rings is 1. The first-order chi connectivity index (χ1) is 7.61. The van der Waals surface area contributed by atoms with Crippen LogP contribution in [0.4, 0.5) is 5.69 Å². The first-order valence-corrected chi connectivity index (χ1v) is 6.61. The SMILES string of the molecule is Cc1cccc(NCC2(O)CCCC2)c1Br. The summed E-state index contributed by atoms with van der Waals surface area (Å²) in [6.45, 7) is 2.72. The van der Waals surface area contributed by atoms with Crippen molar-refractivity contribution in [2.45, 2.75) is 38.2 Å². The van der Waals surface area contributed by atoms with Gasteiger partial charge in [0.1, 0.15) is 0 Å². The minimum Gasteiger partial charge on any atom is -0.388 e. The van der Waals surface area contributed by atoms with Crippen LogP contribution in [0.1, 0.15) is 31.2 Å². The average molecular weight is 284 g/mol. The summed E-state index contributed by atoms with van der Waals surface area (Å²) in [4.78, 5) is 0. The minimum atomic E-state index is -0.497. The van der Waals surface area contributed by atoms with Crippen LogP contribution in [0, 0.1) is 6.92 Å². The molecule has 0 atom stereocenters. The molecule has 0 heterocycles. The van der Waals surface area contributed by atoms with Crippen LogP contribution in [0.2, 0.25) is 0 Å². The van der Waals surface area contributed by atoms with Crippen molar-refractivity contribution in [3.8, 4) is 0 Å². The second-order valence-corrected chi connectivity index (χ2v) is 5.51. The molecule has 1 aromatic carbocycles. The van der Waals surface area contributed by atoms with Crippen molar-refractivity contribution < 1.29 is 5.11 Å². The molecule has 16 heavy (non-hydrogen) atoms. The second kappa shape index (κ2) is 4.76. The van der Waals surface area contributed by atoms with Gasteiger partial charge in [0.15, 0.2) is 0 Å². The van der Waals surface area contributed by atoms with E-state index in [0.717, 1.165) is 35.8 Å². The summed E-state index contributed by atoms with van der Waals surface area (Å²) < 4.78 is 1.09. The van der Waals surface area contributed by atoms with Gasteiger partial charge in [-0.05, 0) is 47.3 Å². The first-order valence-electron chi connectivity index (χ1n) is 5.82. The van der Waals surface area contributed by atoms with Crippen LogP contribution in [0.3, 0.4) is 0 Å². The van der Waals surface area contributed by atoms with Crippen molar-refractivity contribution >= 4 is 21.6 Å². The Labute approximate surface area is 105 Å². The third-order valence-corrected chi connectivity index (χ3v) is 4.39. The Balaban J connectivity index is 2.02. The summed E-state index contributed by atoms with van der Waals surface area (Å²) >= 11 is 3.56. The lowest BCUT2D eigenvalue weighted by molar-refractivity contribution is 0.0614. The number of rotatable bonds is 3. The number of nitrogens with one attached hydrogen (secondary N) is 1. The van der Waals surface area contributed by atoms with E-state index in [1.165, 1.54) is 5.56 Å². The molecule has 1 saturated carbocycles. The molecule has 0 unspecified atom stereocenters. The van der Waals surface area contributed by atoms with E-state index in [4.69, 9.17) is 0 Å². The van der Waals surface area contributed by atoms with E-state index in [1.54, 1.807) is 0 Å². The summed E-state index contributed by atoms with van der Waals surface area (Å²) in [5.74, 6) is 0. The van der Waals surface area contributed by atoms with E-state index in [-0.39, 0.29) is 0 Å². The van der Waals surface area contributed by atoms with Crippen molar-refractivity contribution in [2.24, 2.45) is 0 Å². The second-order valence-electron chi connectivity index (χ2n) is 4.72. The molecular weight excluding hydrogens is 266 g/mol. The normalized spacial score (nSPS) is 18.7. The molecule has 2 N–H and O–H groups in total. The van der Waals surface area contributed by atoms with Gasteiger partial charge in [-0.1, -0.05) is 25.0 Å². The summed E-state index contributed by atoms with van der Waals surface area (Å²) in [7, 11) is 0. The van der Waals surface area contributed by atoms with Gasteiger partial charge in [-0.25, -0.2) is 0 Å². The van der Waals surface area contributed by atoms with Gasteiger partial charge in [-0.2, -0.15) is 0 Å². The van der Waals surface area contributed by atoms with Crippen LogP contribution < -0.4 is 5.32 Å². The Morgan fingerprint density at radius 3 is 2.75 bits per heavy atom. The lowest BCUT2D eigenvalue weighted by Gasteiger charge is -2.23. The van der Waals surface area contributed by atoms with E-state index in [0.29, 0.717) is 6.54 Å². The van der Waals surface area contributed by atoms with Gasteiger partial charge in [0.05, 0.1) is 5.60 Å². The first kappa shape index (κ1) is 11.9. The summed E-state index contributed by atoms with van der Waals surface area (Å²) in [6.07, 6.45) is 4.13. The fraction of sp³-hybridized carbons (Fsp3) is 0.538. The van der Waals surface area contributed by atoms with E-state index in [9.17, 15) is 5.11 Å². The Bertz CT molecular complexity index is 372. The highest BCUT2D eigenvalue weighted by Gasteiger charge is 2.30. The van der Waals surface area contributed by atoms with Gasteiger partial charge in [0.25, 0.3) is 0 Å². The molecule has 3 heteroatoms. The quantitative estimate of drug-likeness (QED) is 0.890. The van der Waals surface area contributed by atoms with E-state index in [1.807, 2.05) is 12.1 Å². The van der Waals surface area contributed by atoms with Gasteiger partial charge < -0.3 is 10.4 Å². The van der Waals surface area contributed by atoms with Crippen LogP contribution >= 0.6 is 15.9 Å². The van der Waals surface area contributed by atoms with E-state index in [2.05, 4.69) is 34.2 Å². The minimum absolute atomic E-state index is 0.497. The zero-order chi connectivity index (χ0) is 11.6. The standard InChI is InChI=1S/C13H18BrNO/c1-10-5-4-6-11(12(10)14)15-9-13(16)7-2-3-8-13/h4-6,15-16H,2-3,7-9H2,1H3. The maximum absolute atomic E-state index is 10.2. The molecule has 1 aliphatic carbocycles. The molecule has 1 aliphatic rings. The third-order valence-electron chi connectivity index (χ3n) is 3.33. The smallest absolute Gasteiger partial charge is 0.0819 e. The Hall–Kier alpha value is -0.540. The molecule has 1 aromatic rings. The largest absolute Gasteiger partial charge is 0.388 e. The zero-order valence-electron chi connectivity index (χ0n) is 9.59. The van der Waals surface area contributed by atoms with Crippen molar-refractivity contribution in [3.05, 3.63) is 28.2 Å². The van der Waals surface area contributed by atoms with Gasteiger partial charge in [-0.3, -0.25) is 0 Å². The van der Waals surface area contributed by atoms with Crippen LogP contribution in [0.5, 0.6) is 0 Å². The van der Waals surface area contributed by atoms with Gasteiger partial charge in [-0.15, -0.1) is 0 Å². The summed E-state index contributed by atoms with van der Waals surface area (Å²) in [5, 5.41) is 13.6. The molecule has 0 bridgehead atoms. The number of hydrogen-bond donors (Lipinski definition) is 2. The van der Waals surface area contributed by atoms with Crippen molar-refractivity contribution in [1.29, 1.82) is 0 Å². The molecule has 2 nitrogen and oxygen atoms in total. The van der Waals surface area contributed by atoms with Crippen LogP contribution in [0.15, 0.2) is 22.7 Å². The maximum atomic E-state index is 10.2. The van der Waals surface area contributed by atoms with Crippen molar-refractivity contribution in [3.63, 3.8) is 0 Å². The molecule has 0 spiro atoms. The Morgan fingerprint density at radius 2 is 2.06 bits per heavy atom. The summed E-state index contributed by atoms with van der Waals surface area (Å²) in [5.41, 5.74) is 1.78. The van der Waals surface area contributed by atoms with E-state index < -0.39 is 5.60 Å². The highest BCUT2D eigenvalue weighted by atomic mass is 79.9. The highest BCUT2D eigenvalue weighted by molar-refractivity contribution is 9.10. The lowest BCUT2D eigenvalue weighted by atomic mass is 10.0. The number of halogens is 1. The molecule has 1 fully saturated rings. The number of aliphatic hydroxyl groups is 1. The van der Waals surface area contributed by atoms with Crippen molar-refractivity contribution in [2.75, 3.05) is 11.9 Å². The van der Waals surface area contributed by atoms with Gasteiger partial charge in [0.2, 0.25) is 0 Å². The fourth-order valence-electron chi connectivity index (χ4n) is 2.25. The molecule has 0 amide bonds. The maximum Gasteiger partial charge on any atom is 0.0819 e. The number of aryl methyl sites for hydroxylation is 1. The summed E-state index contributed by atoms with van der Waals surface area (Å²) in [6, 6.07) is 6.13. The monoisotopic (exact) mass is 283 g/mol. The van der Waals surface area contributed by atoms with Crippen LogP contribution in [-0.2, 0) is 0 Å². The van der Waals surface area contributed by atoms with Crippen molar-refractivity contribution in [1.82, 2.24) is 0 Å². The Morgan fingerprint density at radius 1 is 1.38 bits per heavy atom.